The van der Waals surface area contributed by atoms with Gasteiger partial charge in [0.05, 0.1) is 46.3 Å². The van der Waals surface area contributed by atoms with E-state index in [4.69, 9.17) is 24.0 Å². The van der Waals surface area contributed by atoms with Crippen molar-refractivity contribution in [2.45, 2.75) is 39.7 Å². The fraction of sp³-hybridized carbons (Fsp3) is 0.531. The molecule has 0 saturated carbocycles. The van der Waals surface area contributed by atoms with Crippen molar-refractivity contribution in [3.05, 3.63) is 53.6 Å². The number of nitrogens with zero attached hydrogens (tertiary/aromatic N) is 4. The lowest BCUT2D eigenvalue weighted by Crippen LogP contribution is -2.47. The molecule has 0 bridgehead atoms. The summed E-state index contributed by atoms with van der Waals surface area (Å²) in [6.07, 6.45) is 0.841. The van der Waals surface area contributed by atoms with E-state index in [9.17, 15) is 9.59 Å². The quantitative estimate of drug-likeness (QED) is 0.397. The van der Waals surface area contributed by atoms with Crippen molar-refractivity contribution in [1.29, 1.82) is 0 Å². The highest BCUT2D eigenvalue weighted by molar-refractivity contribution is 6.05. The molecule has 2 heterocycles. The molecule has 0 N–H and O–H groups in total. The van der Waals surface area contributed by atoms with Crippen LogP contribution in [0.3, 0.4) is 0 Å². The van der Waals surface area contributed by atoms with E-state index < -0.39 is 0 Å². The molecular formula is C32H44N4O6. The van der Waals surface area contributed by atoms with Crippen LogP contribution in [-0.2, 0) is 14.3 Å². The SMILES string of the molecule is COc1ccc(C2CC(c3ccc(OC)cc3OC)=NN2C(=O)CN(CCN2CCOCC2)C(=O)CC(C)(C)C)cc1. The van der Waals surface area contributed by atoms with E-state index in [1.54, 1.807) is 26.2 Å². The van der Waals surface area contributed by atoms with E-state index in [1.165, 1.54) is 5.01 Å². The first kappa shape index (κ1) is 31.3. The van der Waals surface area contributed by atoms with Crippen LogP contribution in [0.2, 0.25) is 0 Å². The molecule has 1 fully saturated rings. The summed E-state index contributed by atoms with van der Waals surface area (Å²) < 4.78 is 21.8. The van der Waals surface area contributed by atoms with E-state index >= 15 is 0 Å². The summed E-state index contributed by atoms with van der Waals surface area (Å²) in [4.78, 5) is 31.5. The molecule has 42 heavy (non-hydrogen) atoms. The van der Waals surface area contributed by atoms with Gasteiger partial charge in [0.25, 0.3) is 5.91 Å². The number of hydrogen-bond donors (Lipinski definition) is 0. The number of carbonyl (C=O) groups is 2. The van der Waals surface area contributed by atoms with Crippen LogP contribution in [0.4, 0.5) is 0 Å². The molecule has 2 aromatic carbocycles. The van der Waals surface area contributed by atoms with Crippen molar-refractivity contribution in [2.24, 2.45) is 10.5 Å². The topological polar surface area (TPSA) is 93.1 Å². The van der Waals surface area contributed by atoms with Gasteiger partial charge < -0.3 is 23.8 Å². The second kappa shape index (κ2) is 14.0. The van der Waals surface area contributed by atoms with Crippen LogP contribution in [-0.4, -0.2) is 99.6 Å². The Morgan fingerprint density at radius 3 is 2.26 bits per heavy atom. The fourth-order valence-electron chi connectivity index (χ4n) is 5.21. The van der Waals surface area contributed by atoms with Crippen LogP contribution < -0.4 is 14.2 Å². The van der Waals surface area contributed by atoms with Gasteiger partial charge in [-0.05, 0) is 35.2 Å². The number of ether oxygens (including phenoxy) is 4. The van der Waals surface area contributed by atoms with Crippen LogP contribution in [0.1, 0.15) is 50.8 Å². The normalized spacial score (nSPS) is 17.5. The fourth-order valence-corrected chi connectivity index (χ4v) is 5.21. The Balaban J connectivity index is 1.62. The molecule has 0 spiro atoms. The van der Waals surface area contributed by atoms with Gasteiger partial charge in [-0.25, -0.2) is 5.01 Å². The second-order valence-corrected chi connectivity index (χ2v) is 11.9. The summed E-state index contributed by atoms with van der Waals surface area (Å²) >= 11 is 0. The van der Waals surface area contributed by atoms with Gasteiger partial charge in [-0.2, -0.15) is 5.10 Å². The highest BCUT2D eigenvalue weighted by Gasteiger charge is 2.36. The van der Waals surface area contributed by atoms with E-state index in [0.29, 0.717) is 50.6 Å². The zero-order valence-electron chi connectivity index (χ0n) is 25.7. The minimum atomic E-state index is -0.343. The number of hydrogen-bond acceptors (Lipinski definition) is 8. The molecule has 0 aromatic heterocycles. The Kier molecular flexibility index (Phi) is 10.5. The summed E-state index contributed by atoms with van der Waals surface area (Å²) in [5, 5.41) is 6.38. The maximum atomic E-state index is 14.0. The van der Waals surface area contributed by atoms with Gasteiger partial charge in [0.1, 0.15) is 23.8 Å². The summed E-state index contributed by atoms with van der Waals surface area (Å²) in [5.74, 6) is 1.74. The van der Waals surface area contributed by atoms with Crippen molar-refractivity contribution in [3.8, 4) is 17.2 Å². The first-order valence-electron chi connectivity index (χ1n) is 14.5. The van der Waals surface area contributed by atoms with Gasteiger partial charge in [-0.1, -0.05) is 32.9 Å². The zero-order chi connectivity index (χ0) is 30.3. The summed E-state index contributed by atoms with van der Waals surface area (Å²) in [7, 11) is 4.83. The van der Waals surface area contributed by atoms with Crippen LogP contribution in [0.25, 0.3) is 0 Å². The Bertz CT molecular complexity index is 1250. The van der Waals surface area contributed by atoms with Crippen LogP contribution in [0, 0.1) is 5.41 Å². The third-order valence-corrected chi connectivity index (χ3v) is 7.54. The molecule has 2 aromatic rings. The first-order valence-corrected chi connectivity index (χ1v) is 14.5. The molecule has 0 aliphatic carbocycles. The largest absolute Gasteiger partial charge is 0.497 e. The summed E-state index contributed by atoms with van der Waals surface area (Å²) in [6.45, 7) is 10.2. The lowest BCUT2D eigenvalue weighted by molar-refractivity contribution is -0.142. The molecule has 4 rings (SSSR count). The molecule has 10 nitrogen and oxygen atoms in total. The predicted molar refractivity (Wildman–Crippen MR) is 161 cm³/mol. The van der Waals surface area contributed by atoms with Crippen LogP contribution in [0.5, 0.6) is 17.2 Å². The van der Waals surface area contributed by atoms with E-state index in [1.807, 2.05) is 63.2 Å². The van der Waals surface area contributed by atoms with E-state index in [-0.39, 0.29) is 29.8 Å². The minimum absolute atomic E-state index is 0.0367. The van der Waals surface area contributed by atoms with Crippen molar-refractivity contribution in [2.75, 3.05) is 67.3 Å². The minimum Gasteiger partial charge on any atom is -0.497 e. The van der Waals surface area contributed by atoms with Crippen LogP contribution >= 0.6 is 0 Å². The monoisotopic (exact) mass is 580 g/mol. The van der Waals surface area contributed by atoms with E-state index in [0.717, 1.165) is 35.7 Å². The number of rotatable bonds is 11. The molecule has 0 radical (unpaired) electrons. The molecule has 1 atom stereocenters. The zero-order valence-corrected chi connectivity index (χ0v) is 25.7. The predicted octanol–water partition coefficient (Wildman–Crippen LogP) is 3.99. The Morgan fingerprint density at radius 1 is 0.976 bits per heavy atom. The molecule has 2 aliphatic rings. The standard InChI is InChI=1S/C32H44N4O6/c1-32(2,3)21-30(37)35(14-13-34-15-17-42-18-16-34)22-31(38)36-28(23-7-9-24(39-4)10-8-23)20-27(33-36)26-12-11-25(40-5)19-29(26)41-6/h7-12,19,28H,13-18,20-22H2,1-6H3. The van der Waals surface area contributed by atoms with Gasteiger partial charge in [-0.15, -0.1) is 0 Å². The van der Waals surface area contributed by atoms with Crippen LogP contribution in [0.15, 0.2) is 47.6 Å². The average Bonchev–Trinajstić information content (AvgIpc) is 3.44. The molecular weight excluding hydrogens is 536 g/mol. The number of benzene rings is 2. The van der Waals surface area contributed by atoms with Gasteiger partial charge in [0.2, 0.25) is 5.91 Å². The lowest BCUT2D eigenvalue weighted by atomic mass is 9.91. The van der Waals surface area contributed by atoms with E-state index in [2.05, 4.69) is 4.90 Å². The molecule has 2 aliphatic heterocycles. The average molecular weight is 581 g/mol. The van der Waals surface area contributed by atoms with Crippen molar-refractivity contribution >= 4 is 17.5 Å². The smallest absolute Gasteiger partial charge is 0.262 e. The molecule has 228 valence electrons. The third kappa shape index (κ3) is 8.01. The van der Waals surface area contributed by atoms with Crippen molar-refractivity contribution < 1.29 is 28.5 Å². The second-order valence-electron chi connectivity index (χ2n) is 11.9. The van der Waals surface area contributed by atoms with Gasteiger partial charge in [0.15, 0.2) is 0 Å². The maximum Gasteiger partial charge on any atom is 0.262 e. The maximum absolute atomic E-state index is 14.0. The van der Waals surface area contributed by atoms with Crippen molar-refractivity contribution in [3.63, 3.8) is 0 Å². The number of hydrazone groups is 1. The van der Waals surface area contributed by atoms with Gasteiger partial charge >= 0.3 is 0 Å². The first-order chi connectivity index (χ1) is 20.1. The lowest BCUT2D eigenvalue weighted by Gasteiger charge is -2.32. The van der Waals surface area contributed by atoms with Gasteiger partial charge in [-0.3, -0.25) is 14.5 Å². The van der Waals surface area contributed by atoms with Crippen molar-refractivity contribution in [1.82, 2.24) is 14.8 Å². The Morgan fingerprint density at radius 2 is 1.64 bits per heavy atom. The Labute approximate surface area is 249 Å². The van der Waals surface area contributed by atoms with Gasteiger partial charge in [0, 0.05) is 50.7 Å². The highest BCUT2D eigenvalue weighted by atomic mass is 16.5. The molecule has 1 unspecified atom stereocenters. The number of methoxy groups -OCH3 is 3. The Hall–Kier alpha value is -3.63. The number of morpholine rings is 1. The molecule has 10 heteroatoms. The third-order valence-electron chi connectivity index (χ3n) is 7.54. The molecule has 1 saturated heterocycles. The summed E-state index contributed by atoms with van der Waals surface area (Å²) in [6, 6.07) is 12.9. The highest BCUT2D eigenvalue weighted by Crippen LogP contribution is 2.37. The summed E-state index contributed by atoms with van der Waals surface area (Å²) in [5.41, 5.74) is 2.24. The number of amides is 2. The number of carbonyl (C=O) groups excluding carboxylic acids is 2. The molecule has 2 amide bonds.